The van der Waals surface area contributed by atoms with Crippen molar-refractivity contribution in [3.05, 3.63) is 0 Å². The Kier molecular flexibility index (Phi) is 4.94. The summed E-state index contributed by atoms with van der Waals surface area (Å²) >= 11 is 0. The molecular formula is C11H23N3O4S. The first-order valence-corrected chi connectivity index (χ1v) is 7.73. The molecule has 0 bridgehead atoms. The van der Waals surface area contributed by atoms with E-state index in [1.807, 2.05) is 0 Å². The van der Waals surface area contributed by atoms with Gasteiger partial charge in [-0.25, -0.2) is 0 Å². The van der Waals surface area contributed by atoms with Crippen molar-refractivity contribution < 1.29 is 18.3 Å². The van der Waals surface area contributed by atoms with Crippen molar-refractivity contribution in [1.29, 1.82) is 0 Å². The summed E-state index contributed by atoms with van der Waals surface area (Å²) in [6.07, 6.45) is 0. The van der Waals surface area contributed by atoms with E-state index in [2.05, 4.69) is 4.72 Å². The standard InChI is InChI=1S/C11H23N3O4S/c1-9(10(15)16)13-5-7-14(8-6-13)19(17,18)12-11(2,3)4/h9,12H,5-8H2,1-4H3,(H,15,16). The van der Waals surface area contributed by atoms with Gasteiger partial charge in [-0.3, -0.25) is 9.69 Å². The number of carboxylic acid groups (broad SMARTS) is 1. The normalized spacial score (nSPS) is 21.3. The van der Waals surface area contributed by atoms with Crippen molar-refractivity contribution in [2.45, 2.75) is 39.3 Å². The van der Waals surface area contributed by atoms with E-state index in [-0.39, 0.29) is 0 Å². The minimum atomic E-state index is -3.50. The lowest BCUT2D eigenvalue weighted by atomic mass is 10.1. The van der Waals surface area contributed by atoms with Crippen LogP contribution in [0.25, 0.3) is 0 Å². The van der Waals surface area contributed by atoms with Crippen LogP contribution < -0.4 is 4.72 Å². The maximum Gasteiger partial charge on any atom is 0.320 e. The Labute approximate surface area is 114 Å². The van der Waals surface area contributed by atoms with Gasteiger partial charge in [0.15, 0.2) is 0 Å². The first-order valence-electron chi connectivity index (χ1n) is 6.29. The van der Waals surface area contributed by atoms with Gasteiger partial charge in [0, 0.05) is 31.7 Å². The fourth-order valence-corrected chi connectivity index (χ4v) is 3.49. The zero-order valence-electron chi connectivity index (χ0n) is 11.9. The molecule has 1 fully saturated rings. The van der Waals surface area contributed by atoms with Gasteiger partial charge in [0.05, 0.1) is 0 Å². The number of nitrogens with zero attached hydrogens (tertiary/aromatic N) is 2. The molecule has 1 saturated heterocycles. The van der Waals surface area contributed by atoms with Crippen LogP contribution in [0.1, 0.15) is 27.7 Å². The summed E-state index contributed by atoms with van der Waals surface area (Å²) < 4.78 is 28.1. The second kappa shape index (κ2) is 5.74. The minimum absolute atomic E-state index is 0.309. The lowest BCUT2D eigenvalue weighted by Crippen LogP contribution is -2.57. The highest BCUT2D eigenvalue weighted by atomic mass is 32.2. The maximum atomic E-state index is 12.1. The van der Waals surface area contributed by atoms with Crippen LogP contribution in [0, 0.1) is 0 Å². The van der Waals surface area contributed by atoms with Crippen molar-refractivity contribution in [3.63, 3.8) is 0 Å². The number of rotatable bonds is 4. The zero-order valence-corrected chi connectivity index (χ0v) is 12.7. The third kappa shape index (κ3) is 4.72. The average molecular weight is 293 g/mol. The third-order valence-electron chi connectivity index (χ3n) is 2.95. The molecule has 0 radical (unpaired) electrons. The van der Waals surface area contributed by atoms with Gasteiger partial charge in [-0.1, -0.05) is 0 Å². The van der Waals surface area contributed by atoms with Gasteiger partial charge < -0.3 is 5.11 Å². The fraction of sp³-hybridized carbons (Fsp3) is 0.909. The predicted octanol–water partition coefficient (Wildman–Crippen LogP) is -0.290. The van der Waals surface area contributed by atoms with E-state index < -0.39 is 27.8 Å². The van der Waals surface area contributed by atoms with Crippen LogP contribution in [0.2, 0.25) is 0 Å². The molecule has 1 rings (SSSR count). The molecule has 8 heteroatoms. The SMILES string of the molecule is CC(C(=O)O)N1CCN(S(=O)(=O)NC(C)(C)C)CC1. The molecule has 1 atom stereocenters. The predicted molar refractivity (Wildman–Crippen MR) is 72.1 cm³/mol. The molecule has 1 aliphatic rings. The summed E-state index contributed by atoms with van der Waals surface area (Å²) in [4.78, 5) is 12.6. The van der Waals surface area contributed by atoms with Crippen molar-refractivity contribution in [3.8, 4) is 0 Å². The van der Waals surface area contributed by atoms with E-state index >= 15 is 0 Å². The molecule has 0 aromatic rings. The summed E-state index contributed by atoms with van der Waals surface area (Å²) in [5.41, 5.74) is -0.523. The van der Waals surface area contributed by atoms with Gasteiger partial charge in [-0.2, -0.15) is 17.4 Å². The average Bonchev–Trinajstić information content (AvgIpc) is 2.25. The number of hydrogen-bond donors (Lipinski definition) is 2. The van der Waals surface area contributed by atoms with E-state index in [0.29, 0.717) is 26.2 Å². The Balaban J connectivity index is 2.61. The molecule has 7 nitrogen and oxygen atoms in total. The molecule has 0 aliphatic carbocycles. The first kappa shape index (κ1) is 16.4. The molecule has 1 aliphatic heterocycles. The molecule has 112 valence electrons. The highest BCUT2D eigenvalue weighted by Gasteiger charge is 2.32. The van der Waals surface area contributed by atoms with E-state index in [1.165, 1.54) is 4.31 Å². The number of piperazine rings is 1. The summed E-state index contributed by atoms with van der Waals surface area (Å²) in [7, 11) is -3.50. The lowest BCUT2D eigenvalue weighted by molar-refractivity contribution is -0.143. The quantitative estimate of drug-likeness (QED) is 0.743. The number of carboxylic acids is 1. The Hall–Kier alpha value is -0.700. The Bertz CT molecular complexity index is 422. The molecule has 19 heavy (non-hydrogen) atoms. The van der Waals surface area contributed by atoms with Crippen LogP contribution in [0.4, 0.5) is 0 Å². The van der Waals surface area contributed by atoms with Gasteiger partial charge in [-0.15, -0.1) is 0 Å². The summed E-state index contributed by atoms with van der Waals surface area (Å²) in [5.74, 6) is -0.885. The van der Waals surface area contributed by atoms with Crippen LogP contribution in [-0.4, -0.2) is 66.5 Å². The van der Waals surface area contributed by atoms with Crippen LogP contribution >= 0.6 is 0 Å². The molecular weight excluding hydrogens is 270 g/mol. The van der Waals surface area contributed by atoms with Crippen molar-refractivity contribution >= 4 is 16.2 Å². The minimum Gasteiger partial charge on any atom is -0.480 e. The van der Waals surface area contributed by atoms with Crippen LogP contribution in [0.5, 0.6) is 0 Å². The molecule has 0 aromatic heterocycles. The highest BCUT2D eigenvalue weighted by Crippen LogP contribution is 2.12. The molecule has 0 aromatic carbocycles. The van der Waals surface area contributed by atoms with Crippen LogP contribution in [0.3, 0.4) is 0 Å². The number of nitrogens with one attached hydrogen (secondary N) is 1. The van der Waals surface area contributed by atoms with Gasteiger partial charge in [0.25, 0.3) is 10.2 Å². The van der Waals surface area contributed by atoms with E-state index in [9.17, 15) is 13.2 Å². The van der Waals surface area contributed by atoms with Gasteiger partial charge in [-0.05, 0) is 27.7 Å². The Morgan fingerprint density at radius 3 is 2.05 bits per heavy atom. The second-order valence-electron chi connectivity index (χ2n) is 5.81. The Morgan fingerprint density at radius 2 is 1.68 bits per heavy atom. The lowest BCUT2D eigenvalue weighted by Gasteiger charge is -2.37. The molecule has 0 spiro atoms. The highest BCUT2D eigenvalue weighted by molar-refractivity contribution is 7.87. The first-order chi connectivity index (χ1) is 8.53. The topological polar surface area (TPSA) is 90.0 Å². The molecule has 0 saturated carbocycles. The molecule has 2 N–H and O–H groups in total. The summed E-state index contributed by atoms with van der Waals surface area (Å²) in [5, 5.41) is 8.93. The van der Waals surface area contributed by atoms with Crippen molar-refractivity contribution in [2.75, 3.05) is 26.2 Å². The maximum absolute atomic E-state index is 12.1. The second-order valence-corrected chi connectivity index (χ2v) is 7.48. The number of carbonyl (C=O) groups is 1. The summed E-state index contributed by atoms with van der Waals surface area (Å²) in [6.45, 7) is 8.44. The smallest absolute Gasteiger partial charge is 0.320 e. The van der Waals surface area contributed by atoms with Crippen molar-refractivity contribution in [1.82, 2.24) is 13.9 Å². The number of aliphatic carboxylic acids is 1. The van der Waals surface area contributed by atoms with Crippen molar-refractivity contribution in [2.24, 2.45) is 0 Å². The fourth-order valence-electron chi connectivity index (χ4n) is 1.94. The molecule has 1 heterocycles. The number of hydrogen-bond acceptors (Lipinski definition) is 4. The van der Waals surface area contributed by atoms with Gasteiger partial charge >= 0.3 is 5.97 Å². The van der Waals surface area contributed by atoms with Crippen LogP contribution in [-0.2, 0) is 15.0 Å². The third-order valence-corrected chi connectivity index (χ3v) is 4.87. The van der Waals surface area contributed by atoms with Gasteiger partial charge in [0.1, 0.15) is 6.04 Å². The molecule has 1 unspecified atom stereocenters. The Morgan fingerprint density at radius 1 is 1.21 bits per heavy atom. The monoisotopic (exact) mass is 293 g/mol. The van der Waals surface area contributed by atoms with E-state index in [1.54, 1.807) is 32.6 Å². The largest absolute Gasteiger partial charge is 0.480 e. The van der Waals surface area contributed by atoms with E-state index in [0.717, 1.165) is 0 Å². The van der Waals surface area contributed by atoms with Crippen LogP contribution in [0.15, 0.2) is 0 Å². The zero-order chi connectivity index (χ0) is 14.8. The molecule has 0 amide bonds. The van der Waals surface area contributed by atoms with Gasteiger partial charge in [0.2, 0.25) is 0 Å². The summed E-state index contributed by atoms with van der Waals surface area (Å²) in [6, 6.07) is -0.583. The van der Waals surface area contributed by atoms with E-state index in [4.69, 9.17) is 5.11 Å².